The molecule has 0 aliphatic heterocycles. The third-order valence-corrected chi connectivity index (χ3v) is 2.18. The Balaban J connectivity index is 3.07. The summed E-state index contributed by atoms with van der Waals surface area (Å²) in [6.07, 6.45) is 0.209. The van der Waals surface area contributed by atoms with Crippen LogP contribution in [0.15, 0.2) is 12.2 Å². The van der Waals surface area contributed by atoms with Crippen LogP contribution in [0.4, 0.5) is 22.0 Å². The number of ether oxygens (including phenoxy) is 1. The Labute approximate surface area is 105 Å². The molecule has 0 saturated heterocycles. The molecule has 0 spiro atoms. The Kier molecular flexibility index (Phi) is 4.63. The van der Waals surface area contributed by atoms with Crippen LogP contribution in [0.3, 0.4) is 0 Å². The van der Waals surface area contributed by atoms with Crippen LogP contribution in [0.1, 0.15) is 23.7 Å². The number of carbonyl (C=O) groups is 1. The fourth-order valence-corrected chi connectivity index (χ4v) is 1.17. The number of esters is 1. The number of hydrogen-bond acceptors (Lipinski definition) is 2. The molecule has 0 aliphatic rings. The topological polar surface area (TPSA) is 26.3 Å². The molecule has 104 valence electrons. The van der Waals surface area contributed by atoms with E-state index in [1.165, 1.54) is 0 Å². The molecule has 0 aromatic heterocycles. The van der Waals surface area contributed by atoms with Crippen LogP contribution in [-0.4, -0.2) is 12.6 Å². The van der Waals surface area contributed by atoms with Gasteiger partial charge in [-0.1, -0.05) is 5.57 Å². The average Bonchev–Trinajstić information content (AvgIpc) is 2.34. The van der Waals surface area contributed by atoms with Crippen LogP contribution in [0.5, 0.6) is 0 Å². The summed E-state index contributed by atoms with van der Waals surface area (Å²) in [5, 5.41) is 0. The van der Waals surface area contributed by atoms with Crippen molar-refractivity contribution in [3.8, 4) is 0 Å². The molecule has 0 unspecified atom stereocenters. The first kappa shape index (κ1) is 15.1. The number of rotatable bonds is 4. The highest BCUT2D eigenvalue weighted by Crippen LogP contribution is 2.23. The summed E-state index contributed by atoms with van der Waals surface area (Å²) < 4.78 is 69.2. The van der Waals surface area contributed by atoms with E-state index in [1.54, 1.807) is 6.92 Å². The van der Waals surface area contributed by atoms with Gasteiger partial charge >= 0.3 is 5.97 Å². The zero-order chi connectivity index (χ0) is 14.7. The maximum atomic E-state index is 13.2. The lowest BCUT2D eigenvalue weighted by Gasteiger charge is -2.08. The van der Waals surface area contributed by atoms with Crippen molar-refractivity contribution in [2.75, 3.05) is 6.61 Å². The molecule has 0 fully saturated rings. The third kappa shape index (κ3) is 3.10. The van der Waals surface area contributed by atoms with E-state index >= 15 is 0 Å². The minimum atomic E-state index is -2.33. The van der Waals surface area contributed by atoms with Crippen LogP contribution in [-0.2, 0) is 4.74 Å². The Morgan fingerprint density at radius 1 is 1.00 bits per heavy atom. The Bertz CT molecular complexity index is 510. The van der Waals surface area contributed by atoms with Gasteiger partial charge in [-0.15, -0.1) is 6.58 Å². The Morgan fingerprint density at radius 2 is 1.42 bits per heavy atom. The van der Waals surface area contributed by atoms with Crippen LogP contribution < -0.4 is 0 Å². The highest BCUT2D eigenvalue weighted by atomic mass is 19.2. The molecule has 0 N–H and O–H groups in total. The van der Waals surface area contributed by atoms with Crippen LogP contribution in [0.2, 0.25) is 0 Å². The molecule has 0 atom stereocenters. The fourth-order valence-electron chi connectivity index (χ4n) is 1.17. The maximum absolute atomic E-state index is 13.2. The molecule has 0 aliphatic carbocycles. The highest BCUT2D eigenvalue weighted by molar-refractivity contribution is 5.90. The first-order valence-corrected chi connectivity index (χ1v) is 5.10. The molecule has 0 amide bonds. The first-order chi connectivity index (χ1) is 8.77. The molecular formula is C12H9F5O2. The Hall–Kier alpha value is -1.92. The number of halogens is 5. The molecule has 7 heteroatoms. The lowest BCUT2D eigenvalue weighted by atomic mass is 10.1. The molecule has 2 nitrogen and oxygen atoms in total. The molecule has 1 aromatic carbocycles. The number of benzene rings is 1. The van der Waals surface area contributed by atoms with E-state index in [0.29, 0.717) is 5.57 Å². The van der Waals surface area contributed by atoms with E-state index in [1.807, 2.05) is 0 Å². The molecule has 0 radical (unpaired) electrons. The van der Waals surface area contributed by atoms with E-state index in [-0.39, 0.29) is 13.0 Å². The second kappa shape index (κ2) is 5.81. The van der Waals surface area contributed by atoms with Crippen molar-refractivity contribution in [2.24, 2.45) is 0 Å². The predicted molar refractivity (Wildman–Crippen MR) is 55.9 cm³/mol. The smallest absolute Gasteiger partial charge is 0.344 e. The summed E-state index contributed by atoms with van der Waals surface area (Å²) in [7, 11) is 0. The van der Waals surface area contributed by atoms with E-state index in [4.69, 9.17) is 0 Å². The van der Waals surface area contributed by atoms with Crippen LogP contribution >= 0.6 is 0 Å². The van der Waals surface area contributed by atoms with Crippen molar-refractivity contribution in [3.05, 3.63) is 46.8 Å². The van der Waals surface area contributed by atoms with Crippen LogP contribution in [0, 0.1) is 29.1 Å². The van der Waals surface area contributed by atoms with Gasteiger partial charge in [0.05, 0.1) is 6.61 Å². The van der Waals surface area contributed by atoms with Crippen molar-refractivity contribution in [1.29, 1.82) is 0 Å². The van der Waals surface area contributed by atoms with E-state index < -0.39 is 40.6 Å². The zero-order valence-corrected chi connectivity index (χ0v) is 9.83. The van der Waals surface area contributed by atoms with Crippen molar-refractivity contribution >= 4 is 5.97 Å². The van der Waals surface area contributed by atoms with Gasteiger partial charge in [-0.2, -0.15) is 0 Å². The van der Waals surface area contributed by atoms with E-state index in [9.17, 15) is 26.7 Å². The summed E-state index contributed by atoms with van der Waals surface area (Å²) >= 11 is 0. The summed E-state index contributed by atoms with van der Waals surface area (Å²) in [6.45, 7) is 4.84. The summed E-state index contributed by atoms with van der Waals surface area (Å²) in [6, 6.07) is 0. The van der Waals surface area contributed by atoms with Gasteiger partial charge in [0.1, 0.15) is 5.56 Å². The van der Waals surface area contributed by atoms with Crippen molar-refractivity contribution in [2.45, 2.75) is 13.3 Å². The molecule has 19 heavy (non-hydrogen) atoms. The summed E-state index contributed by atoms with van der Waals surface area (Å²) in [5.41, 5.74) is -0.969. The maximum Gasteiger partial charge on any atom is 0.344 e. The van der Waals surface area contributed by atoms with Crippen molar-refractivity contribution in [3.63, 3.8) is 0 Å². The zero-order valence-electron chi connectivity index (χ0n) is 9.83. The van der Waals surface area contributed by atoms with Crippen LogP contribution in [0.25, 0.3) is 0 Å². The average molecular weight is 280 g/mol. The van der Waals surface area contributed by atoms with Gasteiger partial charge in [0.2, 0.25) is 5.82 Å². The molecule has 1 rings (SSSR count). The quantitative estimate of drug-likeness (QED) is 0.277. The van der Waals surface area contributed by atoms with Crippen molar-refractivity contribution < 1.29 is 31.5 Å². The number of carbonyl (C=O) groups excluding carboxylic acids is 1. The summed E-state index contributed by atoms with van der Waals surface area (Å²) in [5.74, 6) is -12.7. The van der Waals surface area contributed by atoms with Gasteiger partial charge in [-0.3, -0.25) is 0 Å². The standard InChI is InChI=1S/C12H9F5O2/c1-5(2)3-4-19-12(18)6-7(13)9(15)11(17)10(16)8(6)14/h1,3-4H2,2H3. The predicted octanol–water partition coefficient (Wildman–Crippen LogP) is 3.51. The molecule has 0 heterocycles. The van der Waals surface area contributed by atoms with Gasteiger partial charge in [-0.05, 0) is 6.92 Å². The second-order valence-corrected chi connectivity index (χ2v) is 3.79. The molecule has 0 saturated carbocycles. The van der Waals surface area contributed by atoms with Gasteiger partial charge in [0.15, 0.2) is 23.3 Å². The lowest BCUT2D eigenvalue weighted by Crippen LogP contribution is -2.15. The SMILES string of the molecule is C=C(C)CCOC(=O)c1c(F)c(F)c(F)c(F)c1F. The molecule has 0 bridgehead atoms. The molecule has 1 aromatic rings. The minimum Gasteiger partial charge on any atom is -0.462 e. The second-order valence-electron chi connectivity index (χ2n) is 3.79. The fraction of sp³-hybridized carbons (Fsp3) is 0.250. The molecular weight excluding hydrogens is 271 g/mol. The van der Waals surface area contributed by atoms with Gasteiger partial charge in [-0.25, -0.2) is 26.7 Å². The summed E-state index contributed by atoms with van der Waals surface area (Å²) in [4.78, 5) is 11.3. The van der Waals surface area contributed by atoms with E-state index in [0.717, 1.165) is 0 Å². The van der Waals surface area contributed by atoms with Gasteiger partial charge in [0.25, 0.3) is 0 Å². The lowest BCUT2D eigenvalue weighted by molar-refractivity contribution is 0.0494. The minimum absolute atomic E-state index is 0.209. The first-order valence-electron chi connectivity index (χ1n) is 5.10. The monoisotopic (exact) mass is 280 g/mol. The highest BCUT2D eigenvalue weighted by Gasteiger charge is 2.30. The van der Waals surface area contributed by atoms with Gasteiger partial charge in [0, 0.05) is 6.42 Å². The Morgan fingerprint density at radius 3 is 1.84 bits per heavy atom. The van der Waals surface area contributed by atoms with Gasteiger partial charge < -0.3 is 4.74 Å². The van der Waals surface area contributed by atoms with E-state index in [2.05, 4.69) is 11.3 Å². The third-order valence-electron chi connectivity index (χ3n) is 2.18. The normalized spacial score (nSPS) is 10.4. The largest absolute Gasteiger partial charge is 0.462 e. The van der Waals surface area contributed by atoms with Crippen molar-refractivity contribution in [1.82, 2.24) is 0 Å². The number of hydrogen-bond donors (Lipinski definition) is 0.